The van der Waals surface area contributed by atoms with E-state index < -0.39 is 6.10 Å². The molecule has 0 aliphatic carbocycles. The lowest BCUT2D eigenvalue weighted by Crippen LogP contribution is -2.28. The van der Waals surface area contributed by atoms with Gasteiger partial charge in [-0.2, -0.15) is 0 Å². The van der Waals surface area contributed by atoms with Crippen molar-refractivity contribution in [3.05, 3.63) is 0 Å². The fraction of sp³-hybridized carbons (Fsp3) is 0.961. The molecule has 56 heavy (non-hydrogen) atoms. The van der Waals surface area contributed by atoms with Crippen LogP contribution in [0.15, 0.2) is 0 Å². The highest BCUT2D eigenvalue weighted by molar-refractivity contribution is 5.70. The predicted octanol–water partition coefficient (Wildman–Crippen LogP) is 16.6. The second-order valence-corrected chi connectivity index (χ2v) is 17.6. The van der Waals surface area contributed by atoms with E-state index in [-0.39, 0.29) is 25.2 Å². The molecular formula is C51H100O5. The normalized spacial score (nSPS) is 12.0. The zero-order valence-electron chi connectivity index (χ0n) is 38.2. The summed E-state index contributed by atoms with van der Waals surface area (Å²) in [4.78, 5) is 24.4. The maximum Gasteiger partial charge on any atom is 0.306 e. The molecule has 5 nitrogen and oxygen atoms in total. The van der Waals surface area contributed by atoms with Crippen LogP contribution >= 0.6 is 0 Å². The van der Waals surface area contributed by atoms with Gasteiger partial charge in [-0.1, -0.05) is 271 Å². The number of hydrogen-bond donors (Lipinski definition) is 1. The molecule has 5 heteroatoms. The van der Waals surface area contributed by atoms with Crippen LogP contribution in [0.3, 0.4) is 0 Å². The third-order valence-electron chi connectivity index (χ3n) is 11.9. The minimum absolute atomic E-state index is 0.0560. The zero-order chi connectivity index (χ0) is 40.7. The fourth-order valence-electron chi connectivity index (χ4n) is 8.03. The summed E-state index contributed by atoms with van der Waals surface area (Å²) in [6.45, 7) is 4.20. The number of esters is 2. The summed E-state index contributed by atoms with van der Waals surface area (Å²) >= 11 is 0. The largest absolute Gasteiger partial charge is 0.462 e. The van der Waals surface area contributed by atoms with Crippen LogP contribution in [-0.4, -0.2) is 36.4 Å². The molecule has 0 aromatic heterocycles. The van der Waals surface area contributed by atoms with Crippen molar-refractivity contribution in [2.75, 3.05) is 13.2 Å². The van der Waals surface area contributed by atoms with Crippen molar-refractivity contribution in [3.8, 4) is 0 Å². The summed E-state index contributed by atoms with van der Waals surface area (Å²) in [6, 6.07) is 0. The molecule has 0 fully saturated rings. The number of carbonyl (C=O) groups is 2. The molecule has 0 aliphatic rings. The van der Waals surface area contributed by atoms with E-state index in [1.807, 2.05) is 0 Å². The molecule has 334 valence electrons. The third kappa shape index (κ3) is 45.6. The van der Waals surface area contributed by atoms with Gasteiger partial charge in [-0.25, -0.2) is 0 Å². The Balaban J connectivity index is 3.41. The summed E-state index contributed by atoms with van der Waals surface area (Å²) in [5.41, 5.74) is 0. The first-order valence-electron chi connectivity index (χ1n) is 25.6. The zero-order valence-corrected chi connectivity index (χ0v) is 38.2. The third-order valence-corrected chi connectivity index (χ3v) is 11.9. The highest BCUT2D eigenvalue weighted by atomic mass is 16.6. The topological polar surface area (TPSA) is 72.8 Å². The van der Waals surface area contributed by atoms with Crippen LogP contribution in [0.2, 0.25) is 0 Å². The Hall–Kier alpha value is -1.10. The molecule has 1 unspecified atom stereocenters. The molecule has 0 saturated carbocycles. The molecule has 0 saturated heterocycles. The highest BCUT2D eigenvalue weighted by Gasteiger charge is 2.16. The van der Waals surface area contributed by atoms with Gasteiger partial charge in [0.2, 0.25) is 0 Å². The summed E-state index contributed by atoms with van der Waals surface area (Å²) in [6.07, 6.45) is 56.3. The summed E-state index contributed by atoms with van der Waals surface area (Å²) in [5, 5.41) is 9.62. The first-order valence-corrected chi connectivity index (χ1v) is 25.6. The number of carbonyl (C=O) groups excluding carboxylic acids is 2. The van der Waals surface area contributed by atoms with E-state index in [0.717, 1.165) is 32.1 Å². The van der Waals surface area contributed by atoms with Crippen LogP contribution in [0.25, 0.3) is 0 Å². The van der Waals surface area contributed by atoms with Gasteiger partial charge in [0.1, 0.15) is 6.61 Å². The predicted molar refractivity (Wildman–Crippen MR) is 242 cm³/mol. The van der Waals surface area contributed by atoms with Gasteiger partial charge in [-0.05, 0) is 12.8 Å². The average molecular weight is 793 g/mol. The van der Waals surface area contributed by atoms with Gasteiger partial charge in [-0.3, -0.25) is 9.59 Å². The Morgan fingerprint density at radius 3 is 0.786 bits per heavy atom. The van der Waals surface area contributed by atoms with Crippen LogP contribution in [-0.2, 0) is 19.1 Å². The van der Waals surface area contributed by atoms with Crippen molar-refractivity contribution in [2.24, 2.45) is 0 Å². The standard InChI is InChI=1S/C51H100O5/c1-3-5-7-9-11-13-15-17-19-21-22-23-24-25-26-27-28-30-32-34-36-38-40-42-44-46-51(54)56-49(47-52)48-55-50(53)45-43-41-39-37-35-33-31-29-20-18-16-14-12-10-8-6-4-2/h49,52H,3-48H2,1-2H3. The van der Waals surface area contributed by atoms with E-state index in [1.165, 1.54) is 238 Å². The molecule has 0 radical (unpaired) electrons. The molecule has 0 spiro atoms. The lowest BCUT2D eigenvalue weighted by Gasteiger charge is -2.15. The highest BCUT2D eigenvalue weighted by Crippen LogP contribution is 2.17. The number of ether oxygens (including phenoxy) is 2. The smallest absolute Gasteiger partial charge is 0.306 e. The SMILES string of the molecule is CCCCCCCCCCCCCCCCCCCCCCCCCCCC(=O)OC(CO)COC(=O)CCCCCCCCCCCCCCCCCCC. The molecular weight excluding hydrogens is 693 g/mol. The first-order chi connectivity index (χ1) is 27.6. The number of aliphatic hydroxyl groups excluding tert-OH is 1. The van der Waals surface area contributed by atoms with Crippen LogP contribution < -0.4 is 0 Å². The monoisotopic (exact) mass is 793 g/mol. The van der Waals surface area contributed by atoms with Crippen LogP contribution in [0.1, 0.15) is 296 Å². The van der Waals surface area contributed by atoms with Gasteiger partial charge in [0.15, 0.2) is 6.10 Å². The molecule has 0 aromatic carbocycles. The number of unbranched alkanes of at least 4 members (excludes halogenated alkanes) is 40. The summed E-state index contributed by atoms with van der Waals surface area (Å²) in [7, 11) is 0. The van der Waals surface area contributed by atoms with Gasteiger partial charge in [-0.15, -0.1) is 0 Å². The lowest BCUT2D eigenvalue weighted by atomic mass is 10.0. The van der Waals surface area contributed by atoms with E-state index in [2.05, 4.69) is 13.8 Å². The van der Waals surface area contributed by atoms with Crippen molar-refractivity contribution < 1.29 is 24.2 Å². The molecule has 0 rings (SSSR count). The fourth-order valence-corrected chi connectivity index (χ4v) is 8.03. The maximum atomic E-state index is 12.3. The molecule has 0 aliphatic heterocycles. The Morgan fingerprint density at radius 2 is 0.554 bits per heavy atom. The minimum Gasteiger partial charge on any atom is -0.462 e. The molecule has 0 heterocycles. The molecule has 0 aromatic rings. The lowest BCUT2D eigenvalue weighted by molar-refractivity contribution is -0.161. The Bertz CT molecular complexity index is 769. The Morgan fingerprint density at radius 1 is 0.339 bits per heavy atom. The van der Waals surface area contributed by atoms with Crippen LogP contribution in [0.5, 0.6) is 0 Å². The van der Waals surface area contributed by atoms with Crippen molar-refractivity contribution >= 4 is 11.9 Å². The number of aliphatic hydroxyl groups is 1. The van der Waals surface area contributed by atoms with Gasteiger partial charge in [0.25, 0.3) is 0 Å². The quantitative estimate of drug-likeness (QED) is 0.0491. The van der Waals surface area contributed by atoms with E-state index >= 15 is 0 Å². The molecule has 0 bridgehead atoms. The van der Waals surface area contributed by atoms with E-state index in [4.69, 9.17) is 9.47 Å². The molecule has 0 amide bonds. The minimum atomic E-state index is -0.763. The second-order valence-electron chi connectivity index (χ2n) is 17.6. The number of hydrogen-bond acceptors (Lipinski definition) is 5. The average Bonchev–Trinajstić information content (AvgIpc) is 3.20. The first kappa shape index (κ1) is 54.9. The van der Waals surface area contributed by atoms with Crippen molar-refractivity contribution in [1.29, 1.82) is 0 Å². The summed E-state index contributed by atoms with van der Waals surface area (Å²) < 4.78 is 10.7. The van der Waals surface area contributed by atoms with E-state index in [1.54, 1.807) is 0 Å². The van der Waals surface area contributed by atoms with Crippen LogP contribution in [0.4, 0.5) is 0 Å². The molecule has 1 N–H and O–H groups in total. The van der Waals surface area contributed by atoms with E-state index in [0.29, 0.717) is 12.8 Å². The van der Waals surface area contributed by atoms with Gasteiger partial charge >= 0.3 is 11.9 Å². The van der Waals surface area contributed by atoms with E-state index in [9.17, 15) is 14.7 Å². The second kappa shape index (κ2) is 48.3. The number of rotatable bonds is 48. The van der Waals surface area contributed by atoms with Crippen molar-refractivity contribution in [1.82, 2.24) is 0 Å². The maximum absolute atomic E-state index is 12.3. The molecule has 1 atom stereocenters. The van der Waals surface area contributed by atoms with Gasteiger partial charge in [0, 0.05) is 12.8 Å². The van der Waals surface area contributed by atoms with Crippen molar-refractivity contribution in [2.45, 2.75) is 302 Å². The Labute approximate surface area is 350 Å². The Kier molecular flexibility index (Phi) is 47.3. The van der Waals surface area contributed by atoms with Gasteiger partial charge in [0.05, 0.1) is 6.61 Å². The van der Waals surface area contributed by atoms with Crippen LogP contribution in [0, 0.1) is 0 Å². The summed E-state index contributed by atoms with van der Waals surface area (Å²) in [5.74, 6) is -0.567. The van der Waals surface area contributed by atoms with Gasteiger partial charge < -0.3 is 14.6 Å². The van der Waals surface area contributed by atoms with Crippen molar-refractivity contribution in [3.63, 3.8) is 0 Å².